The molecule has 1 aromatic heterocycles. The Morgan fingerprint density at radius 1 is 1.27 bits per heavy atom. The van der Waals surface area contributed by atoms with Crippen molar-refractivity contribution in [3.8, 4) is 0 Å². The Balaban J connectivity index is 2.08. The number of halogens is 2. The molecule has 1 N–H and O–H groups in total. The van der Waals surface area contributed by atoms with Crippen LogP contribution in [0.2, 0.25) is 0 Å². The molecule has 0 aliphatic rings. The first-order valence-electron chi connectivity index (χ1n) is 6.71. The van der Waals surface area contributed by atoms with Gasteiger partial charge in [-0.05, 0) is 32.9 Å². The number of hydrogen-bond donors (Lipinski definition) is 1. The molecule has 1 amide bonds. The van der Waals surface area contributed by atoms with Crippen molar-refractivity contribution in [2.24, 2.45) is 0 Å². The van der Waals surface area contributed by atoms with Crippen LogP contribution in [0.1, 0.15) is 26.8 Å². The van der Waals surface area contributed by atoms with Crippen molar-refractivity contribution < 1.29 is 13.6 Å². The Labute approximate surface area is 131 Å². The third-order valence-corrected chi connectivity index (χ3v) is 4.03. The van der Waals surface area contributed by atoms with Crippen molar-refractivity contribution in [1.29, 1.82) is 0 Å². The maximum Gasteiger partial charge on any atom is 0.237 e. The molecule has 8 heteroatoms. The lowest BCUT2D eigenvalue weighted by atomic mass is 10.3. The van der Waals surface area contributed by atoms with Crippen LogP contribution in [0.25, 0.3) is 0 Å². The average molecular weight is 326 g/mol. The lowest BCUT2D eigenvalue weighted by Crippen LogP contribution is -2.24. The number of carbonyl (C=O) groups is 1. The lowest BCUT2D eigenvalue weighted by molar-refractivity contribution is -0.115. The Morgan fingerprint density at radius 2 is 1.91 bits per heavy atom. The molecule has 0 saturated carbocycles. The average Bonchev–Trinajstić information content (AvgIpc) is 2.91. The fourth-order valence-corrected chi connectivity index (χ4v) is 2.68. The molecule has 1 aromatic carbocycles. The zero-order valence-corrected chi connectivity index (χ0v) is 13.2. The van der Waals surface area contributed by atoms with E-state index in [4.69, 9.17) is 0 Å². The number of nitrogens with one attached hydrogen (secondary N) is 1. The first-order chi connectivity index (χ1) is 10.4. The van der Waals surface area contributed by atoms with E-state index in [-0.39, 0.29) is 6.04 Å². The van der Waals surface area contributed by atoms with Crippen LogP contribution in [0.4, 0.5) is 14.5 Å². The lowest BCUT2D eigenvalue weighted by Gasteiger charge is -2.14. The summed E-state index contributed by atoms with van der Waals surface area (Å²) in [5, 5.41) is 10.0. The molecule has 0 spiro atoms. The third kappa shape index (κ3) is 3.62. The van der Waals surface area contributed by atoms with Gasteiger partial charge in [-0.2, -0.15) is 0 Å². The fourth-order valence-electron chi connectivity index (χ4n) is 1.72. The molecule has 0 radical (unpaired) electrons. The predicted octanol–water partition coefficient (Wildman–Crippen LogP) is 3.26. The van der Waals surface area contributed by atoms with E-state index in [0.717, 1.165) is 12.1 Å². The minimum atomic E-state index is -0.809. The highest BCUT2D eigenvalue weighted by Gasteiger charge is 2.21. The number of benzene rings is 1. The number of rotatable bonds is 5. The van der Waals surface area contributed by atoms with E-state index in [1.807, 2.05) is 18.4 Å². The zero-order valence-electron chi connectivity index (χ0n) is 12.4. The van der Waals surface area contributed by atoms with Crippen molar-refractivity contribution in [2.75, 3.05) is 5.32 Å². The molecule has 118 valence electrons. The summed E-state index contributed by atoms with van der Waals surface area (Å²) in [5.74, 6) is -2.13. The van der Waals surface area contributed by atoms with Gasteiger partial charge in [0.05, 0.1) is 5.25 Å². The number of nitrogens with zero attached hydrogens (tertiary/aromatic N) is 3. The van der Waals surface area contributed by atoms with Crippen LogP contribution in [-0.2, 0) is 4.79 Å². The highest BCUT2D eigenvalue weighted by Crippen LogP contribution is 2.25. The van der Waals surface area contributed by atoms with Crippen LogP contribution in [0.5, 0.6) is 0 Å². The number of anilines is 1. The van der Waals surface area contributed by atoms with Crippen LogP contribution >= 0.6 is 11.8 Å². The molecule has 22 heavy (non-hydrogen) atoms. The van der Waals surface area contributed by atoms with Gasteiger partial charge in [0.15, 0.2) is 5.16 Å². The van der Waals surface area contributed by atoms with E-state index in [1.165, 1.54) is 17.8 Å². The second kappa shape index (κ2) is 6.87. The summed E-state index contributed by atoms with van der Waals surface area (Å²) in [6.45, 7) is 5.57. The molecule has 0 aliphatic heterocycles. The van der Waals surface area contributed by atoms with E-state index in [1.54, 1.807) is 13.3 Å². The predicted molar refractivity (Wildman–Crippen MR) is 80.7 cm³/mol. The van der Waals surface area contributed by atoms with Crippen molar-refractivity contribution in [3.63, 3.8) is 0 Å². The highest BCUT2D eigenvalue weighted by molar-refractivity contribution is 8.00. The number of aromatic nitrogens is 3. The van der Waals surface area contributed by atoms with Gasteiger partial charge in [0.2, 0.25) is 5.91 Å². The second-order valence-electron chi connectivity index (χ2n) is 4.96. The van der Waals surface area contributed by atoms with Crippen LogP contribution in [-0.4, -0.2) is 25.9 Å². The molecule has 0 bridgehead atoms. The van der Waals surface area contributed by atoms with Gasteiger partial charge >= 0.3 is 0 Å². The third-order valence-electron chi connectivity index (χ3n) is 2.96. The Bertz CT molecular complexity index is 654. The second-order valence-corrected chi connectivity index (χ2v) is 6.27. The summed E-state index contributed by atoms with van der Waals surface area (Å²) >= 11 is 1.18. The van der Waals surface area contributed by atoms with Gasteiger partial charge in [-0.15, -0.1) is 10.2 Å². The number of thioether (sulfide) groups is 1. The molecule has 1 atom stereocenters. The minimum absolute atomic E-state index is 0.150. The summed E-state index contributed by atoms with van der Waals surface area (Å²) in [4.78, 5) is 12.1. The number of carbonyl (C=O) groups excluding carboxylic acids is 1. The molecule has 0 unspecified atom stereocenters. The maximum absolute atomic E-state index is 13.5. The topological polar surface area (TPSA) is 59.8 Å². The molecular weight excluding hydrogens is 310 g/mol. The highest BCUT2D eigenvalue weighted by atomic mass is 32.2. The van der Waals surface area contributed by atoms with E-state index >= 15 is 0 Å². The van der Waals surface area contributed by atoms with Crippen LogP contribution in [0, 0.1) is 11.6 Å². The molecule has 1 heterocycles. The standard InChI is InChI=1S/C14H16F2N4OS/c1-8(2)20-7-17-19-14(20)22-9(3)13(21)18-12-10(15)5-4-6-11(12)16/h4-9H,1-3H3,(H,18,21)/t9-/m1/s1. The maximum atomic E-state index is 13.5. The van der Waals surface area contributed by atoms with Crippen molar-refractivity contribution in [1.82, 2.24) is 14.8 Å². The molecular formula is C14H16F2N4OS. The van der Waals surface area contributed by atoms with Gasteiger partial charge in [0.25, 0.3) is 0 Å². The smallest absolute Gasteiger partial charge is 0.237 e. The van der Waals surface area contributed by atoms with Crippen molar-refractivity contribution in [2.45, 2.75) is 37.2 Å². The molecule has 2 rings (SSSR count). The molecule has 0 fully saturated rings. The zero-order chi connectivity index (χ0) is 16.3. The summed E-state index contributed by atoms with van der Waals surface area (Å²) < 4.78 is 28.9. The summed E-state index contributed by atoms with van der Waals surface area (Å²) in [6, 6.07) is 3.57. The largest absolute Gasteiger partial charge is 0.320 e. The van der Waals surface area contributed by atoms with Crippen molar-refractivity contribution in [3.05, 3.63) is 36.2 Å². The summed E-state index contributed by atoms with van der Waals surface area (Å²) in [5.41, 5.74) is -0.440. The Morgan fingerprint density at radius 3 is 2.50 bits per heavy atom. The fraction of sp³-hybridized carbons (Fsp3) is 0.357. The van der Waals surface area contributed by atoms with E-state index < -0.39 is 28.5 Å². The Kier molecular flexibility index (Phi) is 5.12. The van der Waals surface area contributed by atoms with Crippen LogP contribution < -0.4 is 5.32 Å². The molecule has 2 aromatic rings. The summed E-state index contributed by atoms with van der Waals surface area (Å²) in [6.07, 6.45) is 1.58. The monoisotopic (exact) mass is 326 g/mol. The van der Waals surface area contributed by atoms with Crippen LogP contribution in [0.15, 0.2) is 29.7 Å². The summed E-state index contributed by atoms with van der Waals surface area (Å²) in [7, 11) is 0. The molecule has 0 aliphatic carbocycles. The van der Waals surface area contributed by atoms with Gasteiger partial charge in [0.1, 0.15) is 23.6 Å². The first-order valence-corrected chi connectivity index (χ1v) is 7.59. The minimum Gasteiger partial charge on any atom is -0.320 e. The van der Waals surface area contributed by atoms with Crippen molar-refractivity contribution >= 4 is 23.4 Å². The Hall–Kier alpha value is -1.96. The number of amides is 1. The number of hydrogen-bond acceptors (Lipinski definition) is 4. The first kappa shape index (κ1) is 16.4. The van der Waals surface area contributed by atoms with Gasteiger partial charge in [-0.1, -0.05) is 17.8 Å². The van der Waals surface area contributed by atoms with E-state index in [2.05, 4.69) is 15.5 Å². The number of para-hydroxylation sites is 1. The van der Waals surface area contributed by atoms with E-state index in [0.29, 0.717) is 5.16 Å². The van der Waals surface area contributed by atoms with Gasteiger partial charge < -0.3 is 9.88 Å². The van der Waals surface area contributed by atoms with E-state index in [9.17, 15) is 13.6 Å². The van der Waals surface area contributed by atoms with Gasteiger partial charge in [-0.3, -0.25) is 4.79 Å². The van der Waals surface area contributed by atoms with Gasteiger partial charge in [0, 0.05) is 6.04 Å². The molecule has 5 nitrogen and oxygen atoms in total. The SMILES string of the molecule is CC(C)n1cnnc1S[C@H](C)C(=O)Nc1c(F)cccc1F. The van der Waals surface area contributed by atoms with Gasteiger partial charge in [-0.25, -0.2) is 8.78 Å². The molecule has 0 saturated heterocycles. The normalized spacial score (nSPS) is 12.5. The van der Waals surface area contributed by atoms with Crippen LogP contribution in [0.3, 0.4) is 0 Å². The quantitative estimate of drug-likeness (QED) is 0.857.